The molecule has 0 saturated heterocycles. The highest BCUT2D eigenvalue weighted by atomic mass is 31.2. The number of hydrogen-bond donors (Lipinski definition) is 1. The highest BCUT2D eigenvalue weighted by Gasteiger charge is 2.46. The Morgan fingerprint density at radius 3 is 1.81 bits per heavy atom. The third-order valence-electron chi connectivity index (χ3n) is 4.01. The van der Waals surface area contributed by atoms with Gasteiger partial charge in [0.2, 0.25) is 0 Å². The first-order valence-electron chi connectivity index (χ1n) is 6.66. The maximum absolute atomic E-state index is 12.5. The van der Waals surface area contributed by atoms with E-state index in [9.17, 15) is 9.67 Å². The molecule has 110 valence electrons. The van der Waals surface area contributed by atoms with Crippen LogP contribution < -0.4 is 0 Å². The van der Waals surface area contributed by atoms with E-state index >= 15 is 0 Å². The summed E-state index contributed by atoms with van der Waals surface area (Å²) in [6.45, 7) is 0. The van der Waals surface area contributed by atoms with E-state index < -0.39 is 13.2 Å². The van der Waals surface area contributed by atoms with Crippen molar-refractivity contribution in [3.63, 3.8) is 0 Å². The lowest BCUT2D eigenvalue weighted by molar-refractivity contribution is 0.101. The average molecular weight is 304 g/mol. The van der Waals surface area contributed by atoms with Crippen LogP contribution in [0.1, 0.15) is 11.1 Å². The van der Waals surface area contributed by atoms with Gasteiger partial charge < -0.3 is 14.2 Å². The Labute approximate surface area is 123 Å². The quantitative estimate of drug-likeness (QED) is 0.880. The van der Waals surface area contributed by atoms with Crippen molar-refractivity contribution in [1.29, 1.82) is 0 Å². The summed E-state index contributed by atoms with van der Waals surface area (Å²) in [5.41, 5.74) is 2.01. The van der Waals surface area contributed by atoms with Gasteiger partial charge in [0.1, 0.15) is 5.60 Å². The second-order valence-electron chi connectivity index (χ2n) is 5.09. The fraction of sp³-hybridized carbons (Fsp3) is 0.250. The van der Waals surface area contributed by atoms with Gasteiger partial charge in [0, 0.05) is 14.2 Å². The largest absolute Gasteiger partial charge is 0.380 e. The van der Waals surface area contributed by atoms with Gasteiger partial charge in [0.15, 0.2) is 0 Å². The van der Waals surface area contributed by atoms with E-state index in [-0.39, 0.29) is 6.16 Å². The van der Waals surface area contributed by atoms with Crippen molar-refractivity contribution in [3.8, 4) is 11.1 Å². The number of fused-ring (bicyclic) bond motifs is 3. The fourth-order valence-corrected chi connectivity index (χ4v) is 4.27. The van der Waals surface area contributed by atoms with Crippen LogP contribution in [0.2, 0.25) is 0 Å². The molecule has 0 spiro atoms. The van der Waals surface area contributed by atoms with Gasteiger partial charge >= 0.3 is 7.60 Å². The van der Waals surface area contributed by atoms with E-state index in [2.05, 4.69) is 0 Å². The summed E-state index contributed by atoms with van der Waals surface area (Å²) in [5.74, 6) is 0. The van der Waals surface area contributed by atoms with Crippen molar-refractivity contribution in [3.05, 3.63) is 59.7 Å². The second-order valence-corrected chi connectivity index (χ2v) is 7.35. The molecule has 0 fully saturated rings. The lowest BCUT2D eigenvalue weighted by Gasteiger charge is -2.28. The van der Waals surface area contributed by atoms with Crippen molar-refractivity contribution < 1.29 is 18.7 Å². The van der Waals surface area contributed by atoms with E-state index in [1.165, 1.54) is 14.2 Å². The van der Waals surface area contributed by atoms with Gasteiger partial charge in [-0.05, 0) is 22.3 Å². The van der Waals surface area contributed by atoms with Gasteiger partial charge in [0.05, 0.1) is 6.16 Å². The Hall–Kier alpha value is -1.45. The highest BCUT2D eigenvalue weighted by Crippen LogP contribution is 2.57. The first-order valence-corrected chi connectivity index (χ1v) is 8.39. The molecule has 0 unspecified atom stereocenters. The SMILES string of the molecule is COP(=O)(CC1(O)c2ccccc2-c2ccccc21)OC. The maximum atomic E-state index is 12.5. The zero-order valence-corrected chi connectivity index (χ0v) is 12.8. The molecule has 0 bridgehead atoms. The van der Waals surface area contributed by atoms with Crippen LogP contribution in [-0.4, -0.2) is 25.5 Å². The van der Waals surface area contributed by atoms with Gasteiger partial charge in [-0.3, -0.25) is 4.57 Å². The molecule has 4 nitrogen and oxygen atoms in total. The maximum Gasteiger partial charge on any atom is 0.333 e. The van der Waals surface area contributed by atoms with Crippen LogP contribution in [0.15, 0.2) is 48.5 Å². The van der Waals surface area contributed by atoms with Crippen LogP contribution in [0.5, 0.6) is 0 Å². The zero-order valence-electron chi connectivity index (χ0n) is 11.9. The molecule has 0 heterocycles. The van der Waals surface area contributed by atoms with Crippen LogP contribution in [0, 0.1) is 0 Å². The van der Waals surface area contributed by atoms with Crippen LogP contribution in [0.4, 0.5) is 0 Å². The average Bonchev–Trinajstić information content (AvgIpc) is 2.78. The van der Waals surface area contributed by atoms with Crippen LogP contribution in [0.25, 0.3) is 11.1 Å². The molecule has 1 N–H and O–H groups in total. The smallest absolute Gasteiger partial charge is 0.333 e. The second kappa shape index (κ2) is 5.08. The molecule has 1 aliphatic rings. The lowest BCUT2D eigenvalue weighted by Crippen LogP contribution is -2.29. The first kappa shape index (κ1) is 14.5. The van der Waals surface area contributed by atoms with E-state index in [1.807, 2.05) is 48.5 Å². The molecule has 21 heavy (non-hydrogen) atoms. The van der Waals surface area contributed by atoms with Crippen molar-refractivity contribution in [2.75, 3.05) is 20.4 Å². The molecule has 3 rings (SSSR count). The number of rotatable bonds is 4. The molecular formula is C16H17O4P. The van der Waals surface area contributed by atoms with Gasteiger partial charge in [-0.15, -0.1) is 0 Å². The minimum Gasteiger partial charge on any atom is -0.380 e. The molecule has 0 amide bonds. The predicted molar refractivity (Wildman–Crippen MR) is 81.4 cm³/mol. The van der Waals surface area contributed by atoms with E-state index in [4.69, 9.17) is 9.05 Å². The van der Waals surface area contributed by atoms with Gasteiger partial charge in [-0.25, -0.2) is 0 Å². The summed E-state index contributed by atoms with van der Waals surface area (Å²) < 4.78 is 22.6. The van der Waals surface area contributed by atoms with Crippen LogP contribution in [-0.2, 0) is 19.2 Å². The Morgan fingerprint density at radius 1 is 0.952 bits per heavy atom. The fourth-order valence-electron chi connectivity index (χ4n) is 2.96. The van der Waals surface area contributed by atoms with E-state index in [0.717, 1.165) is 22.3 Å². The molecule has 2 aromatic carbocycles. The third-order valence-corrected chi connectivity index (χ3v) is 5.97. The molecule has 0 atom stereocenters. The van der Waals surface area contributed by atoms with Crippen molar-refractivity contribution in [2.24, 2.45) is 0 Å². The first-order chi connectivity index (χ1) is 10.0. The summed E-state index contributed by atoms with van der Waals surface area (Å²) in [4.78, 5) is 0. The molecule has 0 radical (unpaired) electrons. The molecule has 0 aliphatic heterocycles. The van der Waals surface area contributed by atoms with Gasteiger partial charge in [-0.1, -0.05) is 48.5 Å². The molecule has 1 aliphatic carbocycles. The molecule has 5 heteroatoms. The number of aliphatic hydroxyl groups is 1. The Kier molecular flexibility index (Phi) is 3.50. The van der Waals surface area contributed by atoms with Crippen molar-refractivity contribution in [2.45, 2.75) is 5.60 Å². The summed E-state index contributed by atoms with van der Waals surface area (Å²) in [5, 5.41) is 11.3. The lowest BCUT2D eigenvalue weighted by atomic mass is 9.94. The highest BCUT2D eigenvalue weighted by molar-refractivity contribution is 7.53. The van der Waals surface area contributed by atoms with Gasteiger partial charge in [-0.2, -0.15) is 0 Å². The normalized spacial score (nSPS) is 15.6. The van der Waals surface area contributed by atoms with Gasteiger partial charge in [0.25, 0.3) is 0 Å². The standard InChI is InChI=1S/C16H17O4P/c1-19-21(18,20-2)11-16(17)14-9-5-3-7-12(14)13-8-4-6-10-15(13)16/h3-10,17H,11H2,1-2H3. The summed E-state index contributed by atoms with van der Waals surface area (Å²) in [6.07, 6.45) is -0.110. The number of benzene rings is 2. The molecular weight excluding hydrogens is 287 g/mol. The van der Waals surface area contributed by atoms with Crippen LogP contribution in [0.3, 0.4) is 0 Å². The minimum atomic E-state index is -3.36. The Balaban J connectivity index is 2.20. The summed E-state index contributed by atoms with van der Waals surface area (Å²) in [6, 6.07) is 15.2. The summed E-state index contributed by atoms with van der Waals surface area (Å²) in [7, 11) is -0.689. The zero-order chi connectivity index (χ0) is 15.1. The predicted octanol–water partition coefficient (Wildman–Crippen LogP) is 3.39. The topological polar surface area (TPSA) is 55.8 Å². The monoisotopic (exact) mass is 304 g/mol. The van der Waals surface area contributed by atoms with E-state index in [1.54, 1.807) is 0 Å². The Morgan fingerprint density at radius 2 is 1.38 bits per heavy atom. The Bertz CT molecular complexity index is 672. The molecule has 2 aromatic rings. The van der Waals surface area contributed by atoms with Crippen LogP contribution >= 0.6 is 7.60 Å². The summed E-state index contributed by atoms with van der Waals surface area (Å²) >= 11 is 0. The molecule has 0 aromatic heterocycles. The minimum absolute atomic E-state index is 0.110. The number of hydrogen-bond acceptors (Lipinski definition) is 4. The van der Waals surface area contributed by atoms with E-state index in [0.29, 0.717) is 0 Å². The van der Waals surface area contributed by atoms with Crippen molar-refractivity contribution >= 4 is 7.60 Å². The molecule has 0 saturated carbocycles. The third kappa shape index (κ3) is 2.16. The van der Waals surface area contributed by atoms with Crippen molar-refractivity contribution in [1.82, 2.24) is 0 Å².